The minimum atomic E-state index is -0.501. The first-order valence-electron chi connectivity index (χ1n) is 11.1. The summed E-state index contributed by atoms with van der Waals surface area (Å²) in [6.45, 7) is 5.97. The second kappa shape index (κ2) is 10.2. The van der Waals surface area contributed by atoms with Gasteiger partial charge in [-0.25, -0.2) is 4.79 Å². The maximum atomic E-state index is 12.4. The van der Waals surface area contributed by atoms with Crippen LogP contribution in [-0.2, 0) is 5.41 Å². The van der Waals surface area contributed by atoms with E-state index >= 15 is 0 Å². The molecule has 0 spiro atoms. The van der Waals surface area contributed by atoms with Crippen LogP contribution in [0, 0.1) is 0 Å². The lowest BCUT2D eigenvalue weighted by atomic mass is 9.93. The topological polar surface area (TPSA) is 111 Å². The van der Waals surface area contributed by atoms with E-state index < -0.39 is 6.03 Å². The normalized spacial score (nSPS) is 11.6. The van der Waals surface area contributed by atoms with E-state index in [1.54, 1.807) is 56.9 Å². The summed E-state index contributed by atoms with van der Waals surface area (Å²) in [6.07, 6.45) is 3.36. The van der Waals surface area contributed by atoms with E-state index in [9.17, 15) is 4.79 Å². The minimum absolute atomic E-state index is 0.222. The van der Waals surface area contributed by atoms with Crippen LogP contribution in [0.3, 0.4) is 0 Å². The summed E-state index contributed by atoms with van der Waals surface area (Å²) in [5, 5.41) is 10.3. The summed E-state index contributed by atoms with van der Waals surface area (Å²) < 4.78 is 16.8. The monoisotopic (exact) mass is 507 g/mol. The van der Waals surface area contributed by atoms with Gasteiger partial charge in [-0.3, -0.25) is 15.3 Å². The standard InChI is InChI=1S/C26H26ClN5O4/c1-26(2,3)23-13-24(32-36-23)31-25(33)30-19-7-6-16(11-18(19)27)35-21-8-9-29-20-12-22(34-5)15(14-28-4)10-17(20)21/h6-14H,1-5H3,(H2,30,31,32,33)/b28-14+. The highest BCUT2D eigenvalue weighted by Crippen LogP contribution is 2.35. The van der Waals surface area contributed by atoms with E-state index in [4.69, 9.17) is 25.6 Å². The molecule has 4 aromatic rings. The Kier molecular flexibility index (Phi) is 7.12. The number of ether oxygens (including phenoxy) is 2. The second-order valence-electron chi connectivity index (χ2n) is 8.96. The molecule has 0 aliphatic rings. The van der Waals surface area contributed by atoms with Gasteiger partial charge in [0, 0.05) is 54.0 Å². The maximum Gasteiger partial charge on any atom is 0.324 e. The Hall–Kier alpha value is -4.11. The van der Waals surface area contributed by atoms with Crippen LogP contribution in [0.1, 0.15) is 32.1 Å². The highest BCUT2D eigenvalue weighted by atomic mass is 35.5. The number of rotatable bonds is 6. The molecule has 0 saturated carbocycles. The molecule has 0 radical (unpaired) electrons. The Morgan fingerprint density at radius 1 is 1.11 bits per heavy atom. The van der Waals surface area contributed by atoms with Gasteiger partial charge >= 0.3 is 6.03 Å². The molecule has 4 rings (SSSR count). The van der Waals surface area contributed by atoms with E-state index in [0.717, 1.165) is 10.9 Å². The van der Waals surface area contributed by atoms with Crippen LogP contribution < -0.4 is 20.1 Å². The highest BCUT2D eigenvalue weighted by molar-refractivity contribution is 6.34. The van der Waals surface area contributed by atoms with Crippen molar-refractivity contribution >= 4 is 46.3 Å². The van der Waals surface area contributed by atoms with E-state index in [0.29, 0.717) is 45.1 Å². The van der Waals surface area contributed by atoms with Crippen molar-refractivity contribution in [1.82, 2.24) is 10.1 Å². The highest BCUT2D eigenvalue weighted by Gasteiger charge is 2.20. The van der Waals surface area contributed by atoms with E-state index in [1.807, 2.05) is 32.9 Å². The molecule has 0 aliphatic carbocycles. The summed E-state index contributed by atoms with van der Waals surface area (Å²) in [6, 6.07) is 11.7. The van der Waals surface area contributed by atoms with Crippen molar-refractivity contribution in [3.63, 3.8) is 0 Å². The Labute approximate surface area is 213 Å². The number of nitrogens with one attached hydrogen (secondary N) is 2. The summed E-state index contributed by atoms with van der Waals surface area (Å²) in [4.78, 5) is 20.9. The van der Waals surface area contributed by atoms with Gasteiger partial charge in [-0.2, -0.15) is 0 Å². The van der Waals surface area contributed by atoms with Crippen molar-refractivity contribution in [1.29, 1.82) is 0 Å². The lowest BCUT2D eigenvalue weighted by Crippen LogP contribution is -2.19. The van der Waals surface area contributed by atoms with Gasteiger partial charge < -0.3 is 19.3 Å². The fourth-order valence-corrected chi connectivity index (χ4v) is 3.63. The van der Waals surface area contributed by atoms with Gasteiger partial charge in [0.2, 0.25) is 0 Å². The lowest BCUT2D eigenvalue weighted by molar-refractivity contribution is 0.262. The second-order valence-corrected chi connectivity index (χ2v) is 9.36. The number of halogens is 1. The number of methoxy groups -OCH3 is 1. The van der Waals surface area contributed by atoms with E-state index in [2.05, 4.69) is 25.8 Å². The number of anilines is 2. The van der Waals surface area contributed by atoms with Crippen molar-refractivity contribution in [2.45, 2.75) is 26.2 Å². The van der Waals surface area contributed by atoms with Crippen molar-refractivity contribution in [2.24, 2.45) is 4.99 Å². The molecule has 2 aromatic carbocycles. The molecule has 36 heavy (non-hydrogen) atoms. The minimum Gasteiger partial charge on any atom is -0.496 e. The summed E-state index contributed by atoms with van der Waals surface area (Å²) >= 11 is 6.43. The molecule has 0 saturated heterocycles. The fraction of sp³-hybridized carbons (Fsp3) is 0.231. The zero-order valence-corrected chi connectivity index (χ0v) is 21.3. The number of carbonyl (C=O) groups is 1. The molecule has 0 aliphatic heterocycles. The summed E-state index contributed by atoms with van der Waals surface area (Å²) in [7, 11) is 3.29. The third kappa shape index (κ3) is 5.58. The smallest absolute Gasteiger partial charge is 0.324 e. The Morgan fingerprint density at radius 3 is 2.58 bits per heavy atom. The molecule has 9 nitrogen and oxygen atoms in total. The van der Waals surface area contributed by atoms with Crippen LogP contribution in [-0.4, -0.2) is 36.5 Å². The predicted octanol–water partition coefficient (Wildman–Crippen LogP) is 6.67. The summed E-state index contributed by atoms with van der Waals surface area (Å²) in [5.74, 6) is 2.71. The number of hydrogen-bond acceptors (Lipinski definition) is 7. The molecule has 0 unspecified atom stereocenters. The van der Waals surface area contributed by atoms with Gasteiger partial charge in [-0.1, -0.05) is 37.5 Å². The molecule has 10 heteroatoms. The van der Waals surface area contributed by atoms with Crippen LogP contribution >= 0.6 is 11.6 Å². The summed E-state index contributed by atoms with van der Waals surface area (Å²) in [5.41, 5.74) is 1.70. The molecule has 2 N–H and O–H groups in total. The maximum absolute atomic E-state index is 12.4. The molecule has 2 aromatic heterocycles. The van der Waals surface area contributed by atoms with Gasteiger partial charge in [0.1, 0.15) is 23.0 Å². The quantitative estimate of drug-likeness (QED) is 0.282. The molecule has 0 atom stereocenters. The number of fused-ring (bicyclic) bond motifs is 1. The Balaban J connectivity index is 1.51. The number of amides is 2. The Morgan fingerprint density at radius 2 is 1.92 bits per heavy atom. The van der Waals surface area contributed by atoms with Crippen molar-refractivity contribution in [2.75, 3.05) is 24.8 Å². The van der Waals surface area contributed by atoms with Gasteiger partial charge in [0.25, 0.3) is 0 Å². The van der Waals surface area contributed by atoms with Crippen molar-refractivity contribution in [3.05, 3.63) is 65.0 Å². The molecule has 0 bridgehead atoms. The average molecular weight is 508 g/mol. The molecule has 2 amide bonds. The van der Waals surface area contributed by atoms with Gasteiger partial charge in [-0.05, 0) is 24.3 Å². The lowest BCUT2D eigenvalue weighted by Gasteiger charge is -2.13. The first kappa shape index (κ1) is 25.0. The molecular formula is C26H26ClN5O4. The number of benzene rings is 2. The van der Waals surface area contributed by atoms with E-state index in [1.165, 1.54) is 0 Å². The van der Waals surface area contributed by atoms with Gasteiger partial charge in [-0.15, -0.1) is 0 Å². The number of aliphatic imine (C=N–C) groups is 1. The fourth-order valence-electron chi connectivity index (χ4n) is 3.42. The Bertz CT molecular complexity index is 1440. The zero-order chi connectivity index (χ0) is 25.9. The molecule has 2 heterocycles. The van der Waals surface area contributed by atoms with Gasteiger partial charge in [0.15, 0.2) is 5.82 Å². The first-order chi connectivity index (χ1) is 17.2. The van der Waals surface area contributed by atoms with E-state index in [-0.39, 0.29) is 5.41 Å². The number of carbonyl (C=O) groups excluding carboxylic acids is 1. The first-order valence-corrected chi connectivity index (χ1v) is 11.5. The van der Waals surface area contributed by atoms with Crippen LogP contribution in [0.4, 0.5) is 16.3 Å². The van der Waals surface area contributed by atoms with Gasteiger partial charge in [0.05, 0.1) is 23.3 Å². The zero-order valence-electron chi connectivity index (χ0n) is 20.5. The molecular weight excluding hydrogens is 482 g/mol. The van der Waals surface area contributed by atoms with Crippen LogP contribution in [0.25, 0.3) is 10.9 Å². The largest absolute Gasteiger partial charge is 0.496 e. The number of urea groups is 1. The predicted molar refractivity (Wildman–Crippen MR) is 141 cm³/mol. The van der Waals surface area contributed by atoms with Crippen LogP contribution in [0.2, 0.25) is 5.02 Å². The average Bonchev–Trinajstić information content (AvgIpc) is 3.30. The number of pyridine rings is 1. The van der Waals surface area contributed by atoms with Crippen molar-refractivity contribution < 1.29 is 18.8 Å². The SMILES string of the molecule is C/N=C/c1cc2c(Oc3ccc(NC(=O)Nc4cc(C(C)(C)C)on4)c(Cl)c3)ccnc2cc1OC. The van der Waals surface area contributed by atoms with Crippen molar-refractivity contribution in [3.8, 4) is 17.2 Å². The van der Waals surface area contributed by atoms with Crippen LogP contribution in [0.5, 0.6) is 17.2 Å². The van der Waals surface area contributed by atoms with Crippen LogP contribution in [0.15, 0.2) is 58.2 Å². The third-order valence-corrected chi connectivity index (χ3v) is 5.54. The third-order valence-electron chi connectivity index (χ3n) is 5.23. The number of hydrogen-bond donors (Lipinski definition) is 2. The number of nitrogens with zero attached hydrogens (tertiary/aromatic N) is 3. The molecule has 0 fully saturated rings. The number of aromatic nitrogens is 2. The molecule has 186 valence electrons.